The predicted octanol–water partition coefficient (Wildman–Crippen LogP) is 13.1. The first-order chi connectivity index (χ1) is 21.8. The van der Waals surface area contributed by atoms with E-state index in [-0.39, 0.29) is 5.92 Å². The van der Waals surface area contributed by atoms with Crippen LogP contribution in [0.3, 0.4) is 0 Å². The van der Waals surface area contributed by atoms with Crippen molar-refractivity contribution in [2.45, 2.75) is 29.9 Å². The third kappa shape index (κ3) is 14.7. The van der Waals surface area contributed by atoms with Crippen LogP contribution in [0.2, 0.25) is 0 Å². The third-order valence-corrected chi connectivity index (χ3v) is 36.7. The molecule has 4 aromatic carbocycles. The van der Waals surface area contributed by atoms with Crippen LogP contribution in [-0.2, 0) is 46.6 Å². The van der Waals surface area contributed by atoms with E-state index in [0.717, 1.165) is 39.6 Å². The molecule has 0 heterocycles. The maximum Gasteiger partial charge on any atom is 0.111 e. The summed E-state index contributed by atoms with van der Waals surface area (Å²) in [4.78, 5) is 0.903. The number of nitrogens with one attached hydrogen (secondary N) is 1. The molecule has 0 aromatic heterocycles. The Labute approximate surface area is 309 Å². The first-order valence-electron chi connectivity index (χ1n) is 14.3. The van der Waals surface area contributed by atoms with Gasteiger partial charge in [0, 0.05) is 34.7 Å². The lowest BCUT2D eigenvalue weighted by molar-refractivity contribution is 0.871. The van der Waals surface area contributed by atoms with Crippen molar-refractivity contribution in [3.05, 3.63) is 144 Å². The van der Waals surface area contributed by atoms with Crippen molar-refractivity contribution in [1.82, 2.24) is 5.32 Å². The fraction of sp³-hybridized carbons (Fsp3) is 0.242. The molecule has 0 aliphatic heterocycles. The largest absolute Gasteiger partial charge is 0.370 e. The van der Waals surface area contributed by atoms with E-state index >= 15 is 0 Å². The molecule has 0 aliphatic carbocycles. The van der Waals surface area contributed by atoms with Gasteiger partial charge in [0.2, 0.25) is 0 Å². The Morgan fingerprint density at radius 3 is 1.18 bits per heavy atom. The van der Waals surface area contributed by atoms with Crippen LogP contribution in [0.1, 0.15) is 29.2 Å². The van der Waals surface area contributed by atoms with Gasteiger partial charge in [-0.3, -0.25) is 0 Å². The molecule has 0 fully saturated rings. The lowest BCUT2D eigenvalue weighted by Gasteiger charge is -2.24. The molecule has 4 rings (SSSR count). The molecule has 4 aromatic rings. The summed E-state index contributed by atoms with van der Waals surface area (Å²) in [6.07, 6.45) is 0. The smallest absolute Gasteiger partial charge is 0.111 e. The standard InChI is InChI=1S/C33H37NP2S9/c1-28(22-40-35(38,41-23-29-14-6-2-7-15-29)42-24-30-16-8-3-9-17-30)33(37)34-27-45-36(39,43-25-31-18-10-4-11-19-31)44-26-32-20-12-5-13-21-32/h2-21,28H,22-27H2,1H3,(H,34,37). The van der Waals surface area contributed by atoms with E-state index in [1.807, 2.05) is 68.3 Å². The van der Waals surface area contributed by atoms with Gasteiger partial charge in [0.25, 0.3) is 0 Å². The zero-order chi connectivity index (χ0) is 31.8. The molecule has 1 unspecified atom stereocenters. The molecule has 12 heteroatoms. The van der Waals surface area contributed by atoms with Crippen LogP contribution in [0.15, 0.2) is 121 Å². The minimum absolute atomic E-state index is 0.231. The van der Waals surface area contributed by atoms with E-state index in [4.69, 9.17) is 35.8 Å². The van der Waals surface area contributed by atoms with E-state index < -0.39 is 7.29 Å². The van der Waals surface area contributed by atoms with Crippen LogP contribution in [0, 0.1) is 5.92 Å². The van der Waals surface area contributed by atoms with Gasteiger partial charge in [-0.15, -0.1) is 11.4 Å². The van der Waals surface area contributed by atoms with Crippen molar-refractivity contribution < 1.29 is 0 Å². The Hall–Kier alpha value is 0.170. The molecule has 0 aliphatic rings. The Kier molecular flexibility index (Phi) is 17.4. The molecule has 1 nitrogen and oxygen atoms in total. The number of rotatable bonds is 19. The molecule has 0 spiro atoms. The minimum Gasteiger partial charge on any atom is -0.370 e. The van der Waals surface area contributed by atoms with Crippen LogP contribution in [-0.4, -0.2) is 16.6 Å². The molecular formula is C33H37NP2S9. The third-order valence-electron chi connectivity index (χ3n) is 6.33. The van der Waals surface area contributed by atoms with Gasteiger partial charge in [0.1, 0.15) is 7.29 Å². The Morgan fingerprint density at radius 1 is 0.533 bits per heavy atom. The van der Waals surface area contributed by atoms with Crippen molar-refractivity contribution in [2.75, 3.05) is 11.6 Å². The van der Waals surface area contributed by atoms with Crippen molar-refractivity contribution in [3.63, 3.8) is 0 Å². The maximum atomic E-state index is 6.40. The van der Waals surface area contributed by atoms with Crippen molar-refractivity contribution in [2.24, 2.45) is 5.92 Å². The lowest BCUT2D eigenvalue weighted by Crippen LogP contribution is -2.28. The Morgan fingerprint density at radius 2 is 0.844 bits per heavy atom. The Bertz CT molecular complexity index is 1430. The van der Waals surface area contributed by atoms with Gasteiger partial charge in [-0.25, -0.2) is 0 Å². The molecule has 0 saturated heterocycles. The molecule has 238 valence electrons. The van der Waals surface area contributed by atoms with Gasteiger partial charge in [0.05, 0.1) is 10.9 Å². The van der Waals surface area contributed by atoms with Gasteiger partial charge in [-0.1, -0.05) is 221 Å². The van der Waals surface area contributed by atoms with E-state index in [9.17, 15) is 0 Å². The number of benzene rings is 4. The summed E-state index contributed by atoms with van der Waals surface area (Å²) in [5, 5.41) is 3.57. The second-order valence-electron chi connectivity index (χ2n) is 9.94. The van der Waals surface area contributed by atoms with E-state index in [1.54, 1.807) is 0 Å². The fourth-order valence-electron chi connectivity index (χ4n) is 3.77. The minimum atomic E-state index is -1.82. The summed E-state index contributed by atoms with van der Waals surface area (Å²) < 4.78 is -3.62. The van der Waals surface area contributed by atoms with Crippen molar-refractivity contribution >= 4 is 116 Å². The second kappa shape index (κ2) is 20.6. The van der Waals surface area contributed by atoms with Gasteiger partial charge < -0.3 is 5.32 Å². The van der Waals surface area contributed by atoms with Crippen LogP contribution >= 0.6 is 87.8 Å². The van der Waals surface area contributed by atoms with Gasteiger partial charge in [-0.2, -0.15) is 0 Å². The van der Waals surface area contributed by atoms with E-state index in [2.05, 4.69) is 134 Å². The summed E-state index contributed by atoms with van der Waals surface area (Å²) >= 11 is 30.2. The fourth-order valence-corrected chi connectivity index (χ4v) is 27.2. The quantitative estimate of drug-likeness (QED) is 0.0557. The van der Waals surface area contributed by atoms with E-state index in [1.165, 1.54) is 22.3 Å². The summed E-state index contributed by atoms with van der Waals surface area (Å²) in [6, 6.07) is 42.6. The van der Waals surface area contributed by atoms with E-state index in [0.29, 0.717) is 0 Å². The predicted molar refractivity (Wildman–Crippen MR) is 229 cm³/mol. The topological polar surface area (TPSA) is 12.0 Å². The zero-order valence-electron chi connectivity index (χ0n) is 24.9. The highest BCUT2D eigenvalue weighted by Crippen LogP contribution is 2.80. The maximum absolute atomic E-state index is 6.40. The normalized spacial score (nSPS) is 12.5. The molecule has 0 saturated carbocycles. The summed E-state index contributed by atoms with van der Waals surface area (Å²) in [6.45, 7) is 2.22. The molecule has 1 atom stereocenters. The molecule has 1 N–H and O–H groups in total. The Balaban J connectivity index is 1.30. The molecule has 0 radical (unpaired) electrons. The van der Waals surface area contributed by atoms with Crippen LogP contribution in [0.5, 0.6) is 0 Å². The molecule has 45 heavy (non-hydrogen) atoms. The summed E-state index contributed by atoms with van der Waals surface area (Å²) in [7, 11) is 0. The summed E-state index contributed by atoms with van der Waals surface area (Å²) in [5.41, 5.74) is 5.28. The van der Waals surface area contributed by atoms with Crippen LogP contribution < -0.4 is 5.32 Å². The second-order valence-corrected chi connectivity index (χ2v) is 41.6. The number of thiocarbonyl (C=S) groups is 1. The number of hydrogen-bond acceptors (Lipinski definition) is 9. The van der Waals surface area contributed by atoms with Crippen molar-refractivity contribution in [3.8, 4) is 0 Å². The van der Waals surface area contributed by atoms with Crippen LogP contribution in [0.25, 0.3) is 0 Å². The van der Waals surface area contributed by atoms with Crippen molar-refractivity contribution in [1.29, 1.82) is 0 Å². The summed E-state index contributed by atoms with van der Waals surface area (Å²) in [5.74, 6) is 5.60. The molecular weight excluding hydrogens is 761 g/mol. The average Bonchev–Trinajstić information content (AvgIpc) is 3.09. The molecule has 0 bridgehead atoms. The highest BCUT2D eigenvalue weighted by atomic mass is 33.5. The van der Waals surface area contributed by atoms with Gasteiger partial charge >= 0.3 is 0 Å². The molecule has 0 amide bonds. The average molecular weight is 798 g/mol. The highest BCUT2D eigenvalue weighted by Gasteiger charge is 2.24. The first kappa shape index (κ1) is 38.0. The monoisotopic (exact) mass is 797 g/mol. The zero-order valence-corrected chi connectivity index (χ0v) is 34.1. The SMILES string of the molecule is CC(CSP(=S)(SCc1ccccc1)SCc1ccccc1)C(=S)NCSP(=S)(SCc1ccccc1)SCc1ccccc1. The first-order valence-corrected chi connectivity index (χ1v) is 29.9. The number of hydrogen-bond donors (Lipinski definition) is 1. The van der Waals surface area contributed by atoms with Gasteiger partial charge in [0.15, 0.2) is 0 Å². The lowest BCUT2D eigenvalue weighted by atomic mass is 10.2. The van der Waals surface area contributed by atoms with Gasteiger partial charge in [-0.05, 0) is 22.3 Å². The highest BCUT2D eigenvalue weighted by molar-refractivity contribution is 9.23. The van der Waals surface area contributed by atoms with Crippen LogP contribution in [0.4, 0.5) is 0 Å².